The van der Waals surface area contributed by atoms with Crippen molar-refractivity contribution in [2.75, 3.05) is 0 Å². The van der Waals surface area contributed by atoms with Gasteiger partial charge in [-0.15, -0.1) is 0 Å². The Hall–Kier alpha value is -3.99. The number of rotatable bonds is 5. The molecule has 4 aromatic rings. The SMILES string of the molecule is Cc1ccc(-c2cn(-c3cccc(C(=O)/C=C/c4ccc(F)cc4)c3)c(=O)[nH]2)cc1. The molecular formula is C25H19FN2O2. The fourth-order valence-corrected chi connectivity index (χ4v) is 3.12. The number of aromatic amines is 1. The minimum absolute atomic E-state index is 0.205. The molecule has 0 bridgehead atoms. The zero-order valence-corrected chi connectivity index (χ0v) is 16.3. The zero-order valence-electron chi connectivity index (χ0n) is 16.3. The lowest BCUT2D eigenvalue weighted by Crippen LogP contribution is -2.14. The van der Waals surface area contributed by atoms with Gasteiger partial charge < -0.3 is 4.98 Å². The van der Waals surface area contributed by atoms with Crippen molar-refractivity contribution in [3.05, 3.63) is 118 Å². The summed E-state index contributed by atoms with van der Waals surface area (Å²) >= 11 is 0. The van der Waals surface area contributed by atoms with E-state index >= 15 is 0 Å². The maximum atomic E-state index is 13.0. The van der Waals surface area contributed by atoms with Crippen molar-refractivity contribution in [3.63, 3.8) is 0 Å². The molecule has 5 heteroatoms. The zero-order chi connectivity index (χ0) is 21.1. The molecule has 0 saturated heterocycles. The lowest BCUT2D eigenvalue weighted by atomic mass is 10.1. The number of aryl methyl sites for hydroxylation is 1. The van der Waals surface area contributed by atoms with Crippen LogP contribution in [0.15, 0.2) is 89.9 Å². The van der Waals surface area contributed by atoms with Crippen molar-refractivity contribution in [2.24, 2.45) is 0 Å². The van der Waals surface area contributed by atoms with Crippen LogP contribution in [0.5, 0.6) is 0 Å². The Morgan fingerprint density at radius 2 is 1.73 bits per heavy atom. The van der Waals surface area contributed by atoms with Crippen LogP contribution in [0.2, 0.25) is 0 Å². The topological polar surface area (TPSA) is 54.9 Å². The van der Waals surface area contributed by atoms with Crippen molar-refractivity contribution in [2.45, 2.75) is 6.92 Å². The molecule has 0 atom stereocenters. The molecular weight excluding hydrogens is 379 g/mol. The highest BCUT2D eigenvalue weighted by atomic mass is 19.1. The average Bonchev–Trinajstić information content (AvgIpc) is 3.15. The summed E-state index contributed by atoms with van der Waals surface area (Å²) in [5.74, 6) is -0.531. The first-order valence-corrected chi connectivity index (χ1v) is 9.47. The summed E-state index contributed by atoms with van der Waals surface area (Å²) in [6.45, 7) is 2.00. The molecule has 0 fully saturated rings. The summed E-state index contributed by atoms with van der Waals surface area (Å²) in [7, 11) is 0. The van der Waals surface area contributed by atoms with Gasteiger partial charge >= 0.3 is 5.69 Å². The standard InChI is InChI=1S/C25H19FN2O2/c1-17-5-10-19(11-6-17)23-16-28(25(30)27-23)22-4-2-3-20(15-22)24(29)14-9-18-7-12-21(26)13-8-18/h2-16H,1H3,(H,27,30)/b14-9+. The first kappa shape index (κ1) is 19.3. The third-order valence-electron chi connectivity index (χ3n) is 4.79. The normalized spacial score (nSPS) is 11.1. The van der Waals surface area contributed by atoms with Gasteiger partial charge in [0.2, 0.25) is 0 Å². The van der Waals surface area contributed by atoms with Crippen molar-refractivity contribution in [1.82, 2.24) is 9.55 Å². The van der Waals surface area contributed by atoms with E-state index in [1.165, 1.54) is 22.8 Å². The third kappa shape index (κ3) is 4.20. The molecule has 0 radical (unpaired) electrons. The van der Waals surface area contributed by atoms with E-state index in [1.54, 1.807) is 48.7 Å². The van der Waals surface area contributed by atoms with Crippen LogP contribution in [0, 0.1) is 12.7 Å². The molecule has 4 rings (SSSR count). The van der Waals surface area contributed by atoms with Crippen LogP contribution in [0.25, 0.3) is 23.0 Å². The van der Waals surface area contributed by atoms with Crippen LogP contribution in [0.3, 0.4) is 0 Å². The number of carbonyl (C=O) groups is 1. The van der Waals surface area contributed by atoms with Gasteiger partial charge in [0.05, 0.1) is 11.4 Å². The molecule has 0 spiro atoms. The van der Waals surface area contributed by atoms with Crippen molar-refractivity contribution in [1.29, 1.82) is 0 Å². The van der Waals surface area contributed by atoms with Gasteiger partial charge in [0.25, 0.3) is 0 Å². The molecule has 0 aliphatic rings. The summed E-state index contributed by atoms with van der Waals surface area (Å²) < 4.78 is 14.5. The molecule has 0 amide bonds. The van der Waals surface area contributed by atoms with Crippen molar-refractivity contribution in [3.8, 4) is 16.9 Å². The molecule has 0 aliphatic heterocycles. The minimum Gasteiger partial charge on any atom is -0.305 e. The third-order valence-corrected chi connectivity index (χ3v) is 4.79. The van der Waals surface area contributed by atoms with Crippen LogP contribution < -0.4 is 5.69 Å². The fraction of sp³-hybridized carbons (Fsp3) is 0.0400. The Morgan fingerprint density at radius 3 is 2.47 bits per heavy atom. The number of allylic oxidation sites excluding steroid dienone is 1. The van der Waals surface area contributed by atoms with Gasteiger partial charge in [-0.2, -0.15) is 0 Å². The number of aromatic nitrogens is 2. The predicted octanol–water partition coefficient (Wildman–Crippen LogP) is 5.18. The second-order valence-electron chi connectivity index (χ2n) is 7.01. The first-order valence-electron chi connectivity index (χ1n) is 9.47. The van der Waals surface area contributed by atoms with Gasteiger partial charge in [0.1, 0.15) is 5.82 Å². The molecule has 148 valence electrons. The molecule has 1 heterocycles. The summed E-state index contributed by atoms with van der Waals surface area (Å²) in [5.41, 5.74) is 4.24. The lowest BCUT2D eigenvalue weighted by molar-refractivity contribution is 0.104. The number of halogens is 1. The smallest absolute Gasteiger partial charge is 0.305 e. The van der Waals surface area contributed by atoms with Gasteiger partial charge in [-0.3, -0.25) is 9.36 Å². The molecule has 4 nitrogen and oxygen atoms in total. The molecule has 0 saturated carbocycles. The molecule has 0 aliphatic carbocycles. The second kappa shape index (κ2) is 8.17. The minimum atomic E-state index is -0.326. The number of hydrogen-bond donors (Lipinski definition) is 1. The Labute approximate surface area is 173 Å². The number of nitrogens with zero attached hydrogens (tertiary/aromatic N) is 1. The highest BCUT2D eigenvalue weighted by molar-refractivity contribution is 6.07. The van der Waals surface area contributed by atoms with E-state index in [0.717, 1.165) is 16.7 Å². The Bertz CT molecular complexity index is 1280. The highest BCUT2D eigenvalue weighted by Gasteiger charge is 2.09. The van der Waals surface area contributed by atoms with E-state index < -0.39 is 0 Å². The van der Waals surface area contributed by atoms with Gasteiger partial charge in [-0.1, -0.05) is 60.2 Å². The van der Waals surface area contributed by atoms with Crippen LogP contribution in [-0.2, 0) is 0 Å². The van der Waals surface area contributed by atoms with Crippen LogP contribution >= 0.6 is 0 Å². The van der Waals surface area contributed by atoms with E-state index in [1.807, 2.05) is 31.2 Å². The Balaban J connectivity index is 1.60. The predicted molar refractivity (Wildman–Crippen MR) is 116 cm³/mol. The maximum Gasteiger partial charge on any atom is 0.330 e. The number of ketones is 1. The summed E-state index contributed by atoms with van der Waals surface area (Å²) in [4.78, 5) is 27.9. The number of H-pyrrole nitrogens is 1. The van der Waals surface area contributed by atoms with Gasteiger partial charge in [0, 0.05) is 11.8 Å². The number of benzene rings is 3. The monoisotopic (exact) mass is 398 g/mol. The van der Waals surface area contributed by atoms with Gasteiger partial charge in [-0.25, -0.2) is 9.18 Å². The van der Waals surface area contributed by atoms with Gasteiger partial charge in [0.15, 0.2) is 5.78 Å². The Morgan fingerprint density at radius 1 is 1.00 bits per heavy atom. The molecule has 1 N–H and O–H groups in total. The number of hydrogen-bond acceptors (Lipinski definition) is 2. The van der Waals surface area contributed by atoms with E-state index in [0.29, 0.717) is 16.9 Å². The largest absolute Gasteiger partial charge is 0.330 e. The summed E-state index contributed by atoms with van der Waals surface area (Å²) in [5, 5.41) is 0. The molecule has 30 heavy (non-hydrogen) atoms. The van der Waals surface area contributed by atoms with E-state index in [-0.39, 0.29) is 17.3 Å². The number of nitrogens with one attached hydrogen (secondary N) is 1. The Kier molecular flexibility index (Phi) is 5.26. The summed E-state index contributed by atoms with van der Waals surface area (Å²) in [6, 6.07) is 20.6. The maximum absolute atomic E-state index is 13.0. The molecule has 0 unspecified atom stereocenters. The van der Waals surface area contributed by atoms with E-state index in [2.05, 4.69) is 4.98 Å². The van der Waals surface area contributed by atoms with Gasteiger partial charge in [-0.05, 0) is 48.4 Å². The highest BCUT2D eigenvalue weighted by Crippen LogP contribution is 2.18. The summed E-state index contributed by atoms with van der Waals surface area (Å²) in [6.07, 6.45) is 4.79. The quantitative estimate of drug-likeness (QED) is 0.372. The fourth-order valence-electron chi connectivity index (χ4n) is 3.12. The number of imidazole rings is 1. The van der Waals surface area contributed by atoms with E-state index in [4.69, 9.17) is 0 Å². The average molecular weight is 398 g/mol. The van der Waals surface area contributed by atoms with Crippen LogP contribution in [0.1, 0.15) is 21.5 Å². The van der Waals surface area contributed by atoms with Crippen LogP contribution in [-0.4, -0.2) is 15.3 Å². The van der Waals surface area contributed by atoms with Crippen LogP contribution in [0.4, 0.5) is 4.39 Å². The molecule has 3 aromatic carbocycles. The van der Waals surface area contributed by atoms with Crippen molar-refractivity contribution < 1.29 is 9.18 Å². The molecule has 1 aromatic heterocycles. The van der Waals surface area contributed by atoms with Crippen molar-refractivity contribution >= 4 is 11.9 Å². The number of carbonyl (C=O) groups excluding carboxylic acids is 1. The first-order chi connectivity index (χ1) is 14.5. The van der Waals surface area contributed by atoms with E-state index in [9.17, 15) is 14.0 Å². The second-order valence-corrected chi connectivity index (χ2v) is 7.01. The lowest BCUT2D eigenvalue weighted by Gasteiger charge is -2.03.